The van der Waals surface area contributed by atoms with Crippen LogP contribution in [0.1, 0.15) is 11.1 Å². The minimum Gasteiger partial charge on any atom is -0.497 e. The number of nitrogens with zero attached hydrogens (tertiary/aromatic N) is 2. The van der Waals surface area contributed by atoms with Gasteiger partial charge in [-0.2, -0.15) is 0 Å². The fourth-order valence-electron chi connectivity index (χ4n) is 3.20. The molecule has 1 aliphatic heterocycles. The molecule has 31 heavy (non-hydrogen) atoms. The molecule has 1 fully saturated rings. The van der Waals surface area contributed by atoms with E-state index in [4.69, 9.17) is 14.5 Å². The second-order valence-electron chi connectivity index (χ2n) is 6.83. The predicted octanol–water partition coefficient (Wildman–Crippen LogP) is 5.51. The molecule has 0 radical (unpaired) electrons. The van der Waals surface area contributed by atoms with Crippen LogP contribution < -0.4 is 9.47 Å². The Bertz CT molecular complexity index is 1130. The van der Waals surface area contributed by atoms with Gasteiger partial charge >= 0.3 is 0 Å². The van der Waals surface area contributed by atoms with Crippen LogP contribution in [-0.4, -0.2) is 30.2 Å². The Morgan fingerprint density at radius 1 is 0.935 bits per heavy atom. The zero-order valence-electron chi connectivity index (χ0n) is 17.3. The summed E-state index contributed by atoms with van der Waals surface area (Å²) in [6.45, 7) is 0.449. The van der Waals surface area contributed by atoms with Crippen LogP contribution in [0.4, 0.5) is 5.69 Å². The first-order valence-corrected chi connectivity index (χ1v) is 10.6. The summed E-state index contributed by atoms with van der Waals surface area (Å²) in [6.07, 6.45) is 1.83. The maximum Gasteiger partial charge on any atom is 0.267 e. The van der Waals surface area contributed by atoms with Gasteiger partial charge in [0.15, 0.2) is 5.17 Å². The first kappa shape index (κ1) is 20.8. The Labute approximate surface area is 186 Å². The third-order valence-electron chi connectivity index (χ3n) is 4.78. The smallest absolute Gasteiger partial charge is 0.267 e. The number of amides is 1. The van der Waals surface area contributed by atoms with Gasteiger partial charge in [-0.3, -0.25) is 9.69 Å². The van der Waals surface area contributed by atoms with Crippen molar-refractivity contribution in [2.24, 2.45) is 4.99 Å². The van der Waals surface area contributed by atoms with Gasteiger partial charge in [-0.15, -0.1) is 0 Å². The number of thioether (sulfide) groups is 1. The molecule has 0 unspecified atom stereocenters. The van der Waals surface area contributed by atoms with Crippen molar-refractivity contribution < 1.29 is 14.3 Å². The van der Waals surface area contributed by atoms with Gasteiger partial charge in [0.25, 0.3) is 5.91 Å². The van der Waals surface area contributed by atoms with E-state index < -0.39 is 0 Å². The highest BCUT2D eigenvalue weighted by Gasteiger charge is 2.33. The molecule has 0 saturated carbocycles. The van der Waals surface area contributed by atoms with Gasteiger partial charge in [0.1, 0.15) is 11.5 Å². The van der Waals surface area contributed by atoms with Gasteiger partial charge in [-0.05, 0) is 53.7 Å². The molecule has 156 valence electrons. The monoisotopic (exact) mass is 430 g/mol. The lowest BCUT2D eigenvalue weighted by atomic mass is 10.1. The minimum absolute atomic E-state index is 0.0894. The molecule has 4 rings (SSSR count). The van der Waals surface area contributed by atoms with Crippen LogP contribution in [0.2, 0.25) is 0 Å². The third kappa shape index (κ3) is 4.81. The number of carbonyl (C=O) groups excluding carboxylic acids is 1. The van der Waals surface area contributed by atoms with Crippen LogP contribution in [-0.2, 0) is 11.3 Å². The van der Waals surface area contributed by atoms with Crippen LogP contribution in [0.15, 0.2) is 88.8 Å². The Morgan fingerprint density at radius 3 is 2.32 bits per heavy atom. The van der Waals surface area contributed by atoms with Crippen molar-refractivity contribution in [2.45, 2.75) is 6.54 Å². The predicted molar refractivity (Wildman–Crippen MR) is 126 cm³/mol. The fourth-order valence-corrected chi connectivity index (χ4v) is 4.19. The van der Waals surface area contributed by atoms with Gasteiger partial charge in [0.05, 0.1) is 31.4 Å². The van der Waals surface area contributed by atoms with Gasteiger partial charge in [0.2, 0.25) is 0 Å². The number of para-hydroxylation sites is 1. The average Bonchev–Trinajstić information content (AvgIpc) is 3.09. The van der Waals surface area contributed by atoms with Crippen molar-refractivity contribution >= 4 is 34.6 Å². The standard InChI is InChI=1S/C25H22N2O3S/c1-29-21-13-14-22(30-2)19(15-21)16-23-24(28)27(17-18-9-5-3-6-10-18)25(31-23)26-20-11-7-4-8-12-20/h3-16H,17H2,1-2H3/b23-16-,26-25?. The number of amidine groups is 1. The van der Waals surface area contributed by atoms with Gasteiger partial charge in [-0.25, -0.2) is 4.99 Å². The van der Waals surface area contributed by atoms with Gasteiger partial charge in [0, 0.05) is 5.56 Å². The first-order chi connectivity index (χ1) is 15.2. The molecule has 0 aromatic heterocycles. The van der Waals surface area contributed by atoms with Crippen LogP contribution in [0.25, 0.3) is 6.08 Å². The number of benzene rings is 3. The lowest BCUT2D eigenvalue weighted by molar-refractivity contribution is -0.122. The number of rotatable bonds is 6. The number of ether oxygens (including phenoxy) is 2. The van der Waals surface area contributed by atoms with E-state index in [0.29, 0.717) is 28.1 Å². The normalized spacial score (nSPS) is 16.2. The number of hydrogen-bond donors (Lipinski definition) is 0. The summed E-state index contributed by atoms with van der Waals surface area (Å²) in [4.78, 5) is 20.4. The van der Waals surface area contributed by atoms with E-state index in [-0.39, 0.29) is 5.91 Å². The maximum absolute atomic E-state index is 13.4. The molecular formula is C25H22N2O3S. The molecule has 1 aliphatic rings. The lowest BCUT2D eigenvalue weighted by Crippen LogP contribution is -2.28. The van der Waals surface area contributed by atoms with Crippen LogP contribution in [0.5, 0.6) is 11.5 Å². The Kier molecular flexibility index (Phi) is 6.38. The maximum atomic E-state index is 13.4. The molecule has 3 aromatic rings. The van der Waals surface area contributed by atoms with E-state index in [1.54, 1.807) is 19.1 Å². The fraction of sp³-hybridized carbons (Fsp3) is 0.120. The largest absolute Gasteiger partial charge is 0.497 e. The Balaban J connectivity index is 1.73. The summed E-state index contributed by atoms with van der Waals surface area (Å²) in [5.74, 6) is 1.28. The summed E-state index contributed by atoms with van der Waals surface area (Å²) in [5, 5.41) is 0.646. The quantitative estimate of drug-likeness (QED) is 0.484. The molecule has 5 nitrogen and oxygen atoms in total. The molecule has 0 aliphatic carbocycles. The molecule has 1 amide bonds. The average molecular weight is 431 g/mol. The topological polar surface area (TPSA) is 51.1 Å². The summed E-state index contributed by atoms with van der Waals surface area (Å²) in [6, 6.07) is 25.1. The highest BCUT2D eigenvalue weighted by Crippen LogP contribution is 2.37. The summed E-state index contributed by atoms with van der Waals surface area (Å²) >= 11 is 1.36. The zero-order valence-corrected chi connectivity index (χ0v) is 18.1. The SMILES string of the molecule is COc1ccc(OC)c(/C=C2\SC(=Nc3ccccc3)N(Cc3ccccc3)C2=O)c1. The van der Waals surface area contributed by atoms with E-state index >= 15 is 0 Å². The van der Waals surface area contributed by atoms with Crippen molar-refractivity contribution in [1.82, 2.24) is 4.90 Å². The van der Waals surface area contributed by atoms with Crippen LogP contribution in [0, 0.1) is 0 Å². The molecule has 0 spiro atoms. The highest BCUT2D eigenvalue weighted by molar-refractivity contribution is 8.18. The zero-order chi connectivity index (χ0) is 21.6. The summed E-state index contributed by atoms with van der Waals surface area (Å²) in [7, 11) is 3.22. The van der Waals surface area contributed by atoms with Crippen molar-refractivity contribution in [3.63, 3.8) is 0 Å². The molecule has 0 atom stereocenters. The number of carbonyl (C=O) groups is 1. The molecule has 0 N–H and O–H groups in total. The molecule has 1 heterocycles. The number of aliphatic imine (C=N–C) groups is 1. The van der Waals surface area contributed by atoms with E-state index in [1.807, 2.05) is 84.9 Å². The van der Waals surface area contributed by atoms with Crippen molar-refractivity contribution in [3.05, 3.63) is 94.9 Å². The van der Waals surface area contributed by atoms with E-state index in [9.17, 15) is 4.79 Å². The molecule has 3 aromatic carbocycles. The van der Waals surface area contributed by atoms with Crippen LogP contribution >= 0.6 is 11.8 Å². The summed E-state index contributed by atoms with van der Waals surface area (Å²) in [5.41, 5.74) is 2.62. The Morgan fingerprint density at radius 2 is 1.65 bits per heavy atom. The van der Waals surface area contributed by atoms with E-state index in [0.717, 1.165) is 16.8 Å². The van der Waals surface area contributed by atoms with Crippen molar-refractivity contribution in [3.8, 4) is 11.5 Å². The summed E-state index contributed by atoms with van der Waals surface area (Å²) < 4.78 is 10.8. The number of hydrogen-bond acceptors (Lipinski definition) is 5. The van der Waals surface area contributed by atoms with E-state index in [1.165, 1.54) is 11.8 Å². The number of methoxy groups -OCH3 is 2. The second-order valence-corrected chi connectivity index (χ2v) is 7.83. The molecule has 6 heteroatoms. The van der Waals surface area contributed by atoms with Crippen molar-refractivity contribution in [1.29, 1.82) is 0 Å². The van der Waals surface area contributed by atoms with Gasteiger partial charge < -0.3 is 9.47 Å². The highest BCUT2D eigenvalue weighted by atomic mass is 32.2. The first-order valence-electron chi connectivity index (χ1n) is 9.79. The lowest BCUT2D eigenvalue weighted by Gasteiger charge is -2.15. The minimum atomic E-state index is -0.0894. The van der Waals surface area contributed by atoms with Crippen LogP contribution in [0.3, 0.4) is 0 Å². The second kappa shape index (κ2) is 9.53. The van der Waals surface area contributed by atoms with Gasteiger partial charge in [-0.1, -0.05) is 48.5 Å². The third-order valence-corrected chi connectivity index (χ3v) is 5.78. The van der Waals surface area contributed by atoms with E-state index in [2.05, 4.69) is 0 Å². The molecule has 1 saturated heterocycles. The van der Waals surface area contributed by atoms with Crippen molar-refractivity contribution in [2.75, 3.05) is 14.2 Å². The molecule has 0 bridgehead atoms. The molecular weight excluding hydrogens is 408 g/mol. The Hall–Kier alpha value is -3.51.